The quantitative estimate of drug-likeness (QED) is 0.817. The van der Waals surface area contributed by atoms with Crippen molar-refractivity contribution in [2.24, 2.45) is 5.73 Å². The molecule has 3 nitrogen and oxygen atoms in total. The molecule has 108 valence electrons. The standard InChI is InChI=1S/C16H22N2OS/c1-12-6-7-14(5-4-9-17)11-15(12)16(19)18-13(2)8-10-20-3/h6-7,11,13H,8-10,17H2,1-3H3,(H,18,19). The number of hydrogen-bond donors (Lipinski definition) is 2. The molecule has 1 aromatic carbocycles. The molecule has 0 aliphatic carbocycles. The molecule has 0 saturated carbocycles. The summed E-state index contributed by atoms with van der Waals surface area (Å²) in [6, 6.07) is 5.83. The Balaban J connectivity index is 2.81. The van der Waals surface area contributed by atoms with E-state index in [9.17, 15) is 4.79 Å². The van der Waals surface area contributed by atoms with Gasteiger partial charge in [0, 0.05) is 17.2 Å². The van der Waals surface area contributed by atoms with Crippen molar-refractivity contribution in [3.8, 4) is 11.8 Å². The number of carbonyl (C=O) groups is 1. The van der Waals surface area contributed by atoms with Crippen molar-refractivity contribution in [1.82, 2.24) is 5.32 Å². The van der Waals surface area contributed by atoms with Crippen LogP contribution in [0.5, 0.6) is 0 Å². The van der Waals surface area contributed by atoms with Crippen LogP contribution in [0.1, 0.15) is 34.8 Å². The van der Waals surface area contributed by atoms with E-state index in [2.05, 4.69) is 23.4 Å². The van der Waals surface area contributed by atoms with Crippen LogP contribution in [0.15, 0.2) is 18.2 Å². The Labute approximate surface area is 125 Å². The number of aryl methyl sites for hydroxylation is 1. The van der Waals surface area contributed by atoms with E-state index in [4.69, 9.17) is 5.73 Å². The first kappa shape index (κ1) is 16.6. The lowest BCUT2D eigenvalue weighted by atomic mass is 10.0. The molecule has 1 rings (SSSR count). The molecule has 1 unspecified atom stereocenters. The first-order valence-electron chi connectivity index (χ1n) is 6.68. The van der Waals surface area contributed by atoms with Crippen molar-refractivity contribution in [3.63, 3.8) is 0 Å². The predicted octanol–water partition coefficient (Wildman–Crippen LogP) is 2.18. The maximum atomic E-state index is 12.3. The Morgan fingerprint density at radius 3 is 2.90 bits per heavy atom. The summed E-state index contributed by atoms with van der Waals surface area (Å²) in [7, 11) is 0. The topological polar surface area (TPSA) is 55.1 Å². The average Bonchev–Trinajstić information content (AvgIpc) is 2.44. The molecule has 0 radical (unpaired) electrons. The van der Waals surface area contributed by atoms with Crippen LogP contribution < -0.4 is 11.1 Å². The van der Waals surface area contributed by atoms with Crippen molar-refractivity contribution in [2.75, 3.05) is 18.6 Å². The highest BCUT2D eigenvalue weighted by Crippen LogP contribution is 2.11. The lowest BCUT2D eigenvalue weighted by Gasteiger charge is -2.14. The summed E-state index contributed by atoms with van der Waals surface area (Å²) in [6.45, 7) is 4.28. The normalized spacial score (nSPS) is 11.4. The van der Waals surface area contributed by atoms with Crippen LogP contribution in [0.25, 0.3) is 0 Å². The van der Waals surface area contributed by atoms with Gasteiger partial charge in [-0.1, -0.05) is 17.9 Å². The third-order valence-electron chi connectivity index (χ3n) is 2.95. The number of hydrogen-bond acceptors (Lipinski definition) is 3. The molecule has 20 heavy (non-hydrogen) atoms. The third-order valence-corrected chi connectivity index (χ3v) is 3.59. The Bertz CT molecular complexity index is 517. The molecule has 0 spiro atoms. The summed E-state index contributed by atoms with van der Waals surface area (Å²) in [6.07, 6.45) is 3.04. The van der Waals surface area contributed by atoms with Gasteiger partial charge >= 0.3 is 0 Å². The Kier molecular flexibility index (Phi) is 7.21. The minimum Gasteiger partial charge on any atom is -0.350 e. The van der Waals surface area contributed by atoms with E-state index in [1.54, 1.807) is 11.8 Å². The number of nitrogens with one attached hydrogen (secondary N) is 1. The smallest absolute Gasteiger partial charge is 0.251 e. The van der Waals surface area contributed by atoms with Gasteiger partial charge in [-0.3, -0.25) is 4.79 Å². The van der Waals surface area contributed by atoms with E-state index in [1.165, 1.54) is 0 Å². The van der Waals surface area contributed by atoms with Crippen molar-refractivity contribution in [3.05, 3.63) is 34.9 Å². The molecule has 0 aromatic heterocycles. The zero-order valence-corrected chi connectivity index (χ0v) is 13.1. The van der Waals surface area contributed by atoms with Gasteiger partial charge < -0.3 is 11.1 Å². The molecule has 1 atom stereocenters. The van der Waals surface area contributed by atoms with Gasteiger partial charge in [-0.25, -0.2) is 0 Å². The lowest BCUT2D eigenvalue weighted by Crippen LogP contribution is -2.33. The van der Waals surface area contributed by atoms with Crippen LogP contribution in [0.3, 0.4) is 0 Å². The Hall–Kier alpha value is -1.44. The number of carbonyl (C=O) groups excluding carboxylic acids is 1. The molecule has 0 fully saturated rings. The van der Waals surface area contributed by atoms with E-state index in [0.29, 0.717) is 12.1 Å². The van der Waals surface area contributed by atoms with E-state index < -0.39 is 0 Å². The van der Waals surface area contributed by atoms with Crippen molar-refractivity contribution < 1.29 is 4.79 Å². The van der Waals surface area contributed by atoms with Crippen LogP contribution in [-0.4, -0.2) is 30.5 Å². The van der Waals surface area contributed by atoms with Crippen LogP contribution in [0.2, 0.25) is 0 Å². The van der Waals surface area contributed by atoms with Gasteiger partial charge in [0.2, 0.25) is 0 Å². The van der Waals surface area contributed by atoms with Crippen molar-refractivity contribution >= 4 is 17.7 Å². The van der Waals surface area contributed by atoms with Crippen LogP contribution in [0, 0.1) is 18.8 Å². The summed E-state index contributed by atoms with van der Waals surface area (Å²) in [4.78, 5) is 12.3. The predicted molar refractivity (Wildman–Crippen MR) is 87.0 cm³/mol. The highest BCUT2D eigenvalue weighted by atomic mass is 32.2. The minimum atomic E-state index is -0.0347. The molecular formula is C16H22N2OS. The summed E-state index contributed by atoms with van der Waals surface area (Å²) >= 11 is 1.79. The molecule has 0 bridgehead atoms. The summed E-state index contributed by atoms with van der Waals surface area (Å²) in [5.41, 5.74) is 7.83. The van der Waals surface area contributed by atoms with Crippen LogP contribution >= 0.6 is 11.8 Å². The molecular weight excluding hydrogens is 268 g/mol. The lowest BCUT2D eigenvalue weighted by molar-refractivity contribution is 0.0939. The largest absolute Gasteiger partial charge is 0.350 e. The molecule has 1 aromatic rings. The molecule has 3 N–H and O–H groups in total. The van der Waals surface area contributed by atoms with Gasteiger partial charge in [0.05, 0.1) is 6.54 Å². The number of amides is 1. The second-order valence-corrected chi connectivity index (χ2v) is 5.68. The molecule has 0 saturated heterocycles. The van der Waals surface area contributed by atoms with Crippen LogP contribution in [0.4, 0.5) is 0 Å². The van der Waals surface area contributed by atoms with E-state index in [-0.39, 0.29) is 11.9 Å². The highest BCUT2D eigenvalue weighted by molar-refractivity contribution is 7.98. The zero-order valence-electron chi connectivity index (χ0n) is 12.3. The van der Waals surface area contributed by atoms with Gasteiger partial charge in [-0.2, -0.15) is 11.8 Å². The Morgan fingerprint density at radius 2 is 2.25 bits per heavy atom. The van der Waals surface area contributed by atoms with Gasteiger partial charge in [-0.15, -0.1) is 0 Å². The van der Waals surface area contributed by atoms with Gasteiger partial charge in [0.15, 0.2) is 0 Å². The maximum absolute atomic E-state index is 12.3. The molecule has 0 heterocycles. The fourth-order valence-electron chi connectivity index (χ4n) is 1.77. The second kappa shape index (κ2) is 8.68. The summed E-state index contributed by atoms with van der Waals surface area (Å²) < 4.78 is 0. The van der Waals surface area contributed by atoms with Gasteiger partial charge in [0.1, 0.15) is 0 Å². The first-order chi connectivity index (χ1) is 9.58. The molecule has 1 amide bonds. The number of benzene rings is 1. The van der Waals surface area contributed by atoms with E-state index in [1.807, 2.05) is 32.0 Å². The monoisotopic (exact) mass is 290 g/mol. The summed E-state index contributed by atoms with van der Waals surface area (Å²) in [5, 5.41) is 3.03. The maximum Gasteiger partial charge on any atom is 0.251 e. The van der Waals surface area contributed by atoms with Crippen molar-refractivity contribution in [1.29, 1.82) is 0 Å². The minimum absolute atomic E-state index is 0.0347. The highest BCUT2D eigenvalue weighted by Gasteiger charge is 2.12. The first-order valence-corrected chi connectivity index (χ1v) is 8.07. The fourth-order valence-corrected chi connectivity index (χ4v) is 2.36. The Morgan fingerprint density at radius 1 is 1.50 bits per heavy atom. The number of nitrogens with two attached hydrogens (primary N) is 1. The zero-order chi connectivity index (χ0) is 15.0. The van der Waals surface area contributed by atoms with Gasteiger partial charge in [-0.05, 0) is 50.0 Å². The van der Waals surface area contributed by atoms with Crippen molar-refractivity contribution in [2.45, 2.75) is 26.3 Å². The SMILES string of the molecule is CSCCC(C)NC(=O)c1cc(C#CCN)ccc1C. The third kappa shape index (κ3) is 5.28. The second-order valence-electron chi connectivity index (χ2n) is 4.69. The molecule has 0 aliphatic heterocycles. The molecule has 0 aliphatic rings. The fraction of sp³-hybridized carbons (Fsp3) is 0.438. The van der Waals surface area contributed by atoms with Gasteiger partial charge in [0.25, 0.3) is 5.91 Å². The summed E-state index contributed by atoms with van der Waals surface area (Å²) in [5.74, 6) is 6.77. The number of thioether (sulfide) groups is 1. The average molecular weight is 290 g/mol. The van der Waals surface area contributed by atoms with E-state index in [0.717, 1.165) is 23.3 Å². The van der Waals surface area contributed by atoms with Crippen LogP contribution in [-0.2, 0) is 0 Å². The molecule has 4 heteroatoms. The van der Waals surface area contributed by atoms with E-state index >= 15 is 0 Å². The number of rotatable bonds is 5.